The van der Waals surface area contributed by atoms with E-state index in [-0.39, 0.29) is 0 Å². The van der Waals surface area contributed by atoms with E-state index < -0.39 is 0 Å². The van der Waals surface area contributed by atoms with Crippen molar-refractivity contribution in [2.45, 2.75) is 77.2 Å². The van der Waals surface area contributed by atoms with Crippen molar-refractivity contribution in [1.29, 1.82) is 0 Å². The monoisotopic (exact) mass is 428 g/mol. The number of nitrogens with one attached hydrogen (secondary N) is 1. The molecule has 1 aromatic rings. The molecule has 32 heavy (non-hydrogen) atoms. The van der Waals surface area contributed by atoms with Crippen LogP contribution in [0, 0.1) is 5.92 Å². The largest absolute Gasteiger partial charge is 0.368 e. The van der Waals surface area contributed by atoms with Crippen LogP contribution in [0.1, 0.15) is 70.3 Å². The number of hydrogen-bond donors (Lipinski definition) is 1. The Morgan fingerprint density at radius 1 is 1.00 bits per heavy atom. The third-order valence-electron chi connectivity index (χ3n) is 7.45. The highest BCUT2D eigenvalue weighted by Crippen LogP contribution is 2.37. The van der Waals surface area contributed by atoms with Gasteiger partial charge in [-0.05, 0) is 73.3 Å². The number of allylic oxidation sites excluding steroid dienone is 5. The second kappa shape index (κ2) is 10.9. The smallest absolute Gasteiger partial charge is 0.0384 e. The maximum absolute atomic E-state index is 4.58. The fourth-order valence-electron chi connectivity index (χ4n) is 5.63. The highest BCUT2D eigenvalue weighted by Gasteiger charge is 2.32. The minimum atomic E-state index is 0.687. The average Bonchev–Trinajstić information content (AvgIpc) is 3.19. The number of anilines is 1. The van der Waals surface area contributed by atoms with Crippen molar-refractivity contribution in [3.05, 3.63) is 89.8 Å². The van der Waals surface area contributed by atoms with Gasteiger partial charge in [-0.25, -0.2) is 0 Å². The maximum Gasteiger partial charge on any atom is 0.0384 e. The summed E-state index contributed by atoms with van der Waals surface area (Å²) in [5.74, 6) is 0.858. The van der Waals surface area contributed by atoms with Gasteiger partial charge in [-0.1, -0.05) is 82.2 Å². The third kappa shape index (κ3) is 5.46. The second-order valence-corrected chi connectivity index (χ2v) is 9.72. The zero-order valence-electron chi connectivity index (χ0n) is 19.9. The van der Waals surface area contributed by atoms with E-state index >= 15 is 0 Å². The molecule has 1 N–H and O–H groups in total. The molecule has 1 heterocycles. The van der Waals surface area contributed by atoms with E-state index in [4.69, 9.17) is 0 Å². The molecule has 0 aromatic heterocycles. The predicted octanol–water partition coefficient (Wildman–Crippen LogP) is 7.94. The summed E-state index contributed by atoms with van der Waals surface area (Å²) in [5, 5.41) is 3.50. The molecule has 2 aliphatic carbocycles. The molecule has 2 unspecified atom stereocenters. The van der Waals surface area contributed by atoms with Crippen LogP contribution in [0.2, 0.25) is 0 Å². The highest BCUT2D eigenvalue weighted by atomic mass is 15.2. The fourth-order valence-corrected chi connectivity index (χ4v) is 5.63. The molecule has 1 aromatic carbocycles. The minimum absolute atomic E-state index is 0.687. The topological polar surface area (TPSA) is 15.3 Å². The van der Waals surface area contributed by atoms with E-state index in [0.717, 1.165) is 36.7 Å². The van der Waals surface area contributed by atoms with Crippen molar-refractivity contribution >= 4 is 5.69 Å². The van der Waals surface area contributed by atoms with E-state index in [2.05, 4.69) is 78.9 Å². The predicted molar refractivity (Wildman–Crippen MR) is 139 cm³/mol. The summed E-state index contributed by atoms with van der Waals surface area (Å²) in [5.41, 5.74) is 7.16. The molecule has 0 spiro atoms. The van der Waals surface area contributed by atoms with Gasteiger partial charge in [0, 0.05) is 29.7 Å². The molecule has 2 heteroatoms. The molecule has 1 aliphatic heterocycles. The molecule has 0 bridgehead atoms. The Morgan fingerprint density at radius 3 is 2.53 bits per heavy atom. The van der Waals surface area contributed by atoms with Gasteiger partial charge in [-0.2, -0.15) is 0 Å². The van der Waals surface area contributed by atoms with Gasteiger partial charge in [-0.15, -0.1) is 0 Å². The SMILES string of the molecule is C=C(Nc1ccc(CCC)cc1)C1=CC=C(C(=C)N2CCCCC3CCCCC32)C=CC1. The maximum atomic E-state index is 4.58. The summed E-state index contributed by atoms with van der Waals surface area (Å²) in [6.45, 7) is 12.3. The Bertz CT molecular complexity index is 899. The third-order valence-corrected chi connectivity index (χ3v) is 7.45. The standard InChI is InChI=1S/C30H40N2/c1-4-10-25-16-20-29(21-17-25)31-23(2)26-13-9-14-27(19-18-26)24(3)32-22-8-7-12-28-11-5-6-15-30(28)32/h9,14,16-21,28,30-31H,2-8,10-13,15,22H2,1H3. The molecule has 2 fully saturated rings. The Morgan fingerprint density at radius 2 is 1.75 bits per heavy atom. The summed E-state index contributed by atoms with van der Waals surface area (Å²) in [7, 11) is 0. The van der Waals surface area contributed by atoms with E-state index in [1.165, 1.54) is 73.8 Å². The number of nitrogens with zero attached hydrogens (tertiary/aromatic N) is 1. The van der Waals surface area contributed by atoms with Crippen LogP contribution in [0.25, 0.3) is 0 Å². The van der Waals surface area contributed by atoms with Gasteiger partial charge >= 0.3 is 0 Å². The molecular weight excluding hydrogens is 388 g/mol. The van der Waals surface area contributed by atoms with Gasteiger partial charge in [-0.3, -0.25) is 0 Å². The molecule has 0 radical (unpaired) electrons. The molecule has 3 aliphatic rings. The summed E-state index contributed by atoms with van der Waals surface area (Å²) < 4.78 is 0. The van der Waals surface area contributed by atoms with Crippen LogP contribution in [-0.4, -0.2) is 17.5 Å². The average molecular weight is 429 g/mol. The second-order valence-electron chi connectivity index (χ2n) is 9.72. The summed E-state index contributed by atoms with van der Waals surface area (Å²) in [6, 6.07) is 9.43. The van der Waals surface area contributed by atoms with Crippen molar-refractivity contribution in [1.82, 2.24) is 4.90 Å². The number of rotatable bonds is 7. The number of fused-ring (bicyclic) bond motifs is 1. The Balaban J connectivity index is 1.44. The van der Waals surface area contributed by atoms with Crippen molar-refractivity contribution in [2.75, 3.05) is 11.9 Å². The molecule has 4 rings (SSSR count). The van der Waals surface area contributed by atoms with Gasteiger partial charge in [0.1, 0.15) is 0 Å². The van der Waals surface area contributed by atoms with Crippen LogP contribution in [0.5, 0.6) is 0 Å². The number of aryl methyl sites for hydroxylation is 1. The Hall–Kier alpha value is -2.48. The first kappa shape index (κ1) is 22.7. The van der Waals surface area contributed by atoms with Crippen molar-refractivity contribution in [2.24, 2.45) is 5.92 Å². The Kier molecular flexibility index (Phi) is 7.73. The van der Waals surface area contributed by atoms with Crippen LogP contribution in [0.3, 0.4) is 0 Å². The van der Waals surface area contributed by atoms with Crippen molar-refractivity contribution in [3.63, 3.8) is 0 Å². The number of likely N-dealkylation sites (tertiary alicyclic amines) is 1. The molecule has 0 amide bonds. The molecule has 1 saturated heterocycles. The van der Waals surface area contributed by atoms with Crippen LogP contribution in [0.15, 0.2) is 84.3 Å². The van der Waals surface area contributed by atoms with Crippen LogP contribution < -0.4 is 5.32 Å². The zero-order valence-corrected chi connectivity index (χ0v) is 19.9. The van der Waals surface area contributed by atoms with E-state index in [1.807, 2.05) is 0 Å². The lowest BCUT2D eigenvalue weighted by Gasteiger charge is -2.41. The summed E-state index contributed by atoms with van der Waals surface area (Å²) >= 11 is 0. The van der Waals surface area contributed by atoms with Gasteiger partial charge in [0.15, 0.2) is 0 Å². The lowest BCUT2D eigenvalue weighted by Crippen LogP contribution is -2.41. The van der Waals surface area contributed by atoms with Crippen molar-refractivity contribution in [3.8, 4) is 0 Å². The van der Waals surface area contributed by atoms with Gasteiger partial charge in [0.05, 0.1) is 0 Å². The minimum Gasteiger partial charge on any atom is -0.368 e. The summed E-state index contributed by atoms with van der Waals surface area (Å²) in [4.78, 5) is 2.65. The lowest BCUT2D eigenvalue weighted by atomic mass is 9.81. The van der Waals surface area contributed by atoms with E-state index in [0.29, 0.717) is 6.04 Å². The van der Waals surface area contributed by atoms with Crippen LogP contribution in [-0.2, 0) is 6.42 Å². The zero-order chi connectivity index (χ0) is 22.3. The quantitative estimate of drug-likeness (QED) is 0.474. The van der Waals surface area contributed by atoms with Gasteiger partial charge in [0.2, 0.25) is 0 Å². The normalized spacial score (nSPS) is 23.3. The first-order chi connectivity index (χ1) is 15.7. The molecular formula is C30H40N2. The molecule has 1 saturated carbocycles. The van der Waals surface area contributed by atoms with Crippen LogP contribution in [0.4, 0.5) is 5.69 Å². The molecule has 2 nitrogen and oxygen atoms in total. The number of benzene rings is 1. The van der Waals surface area contributed by atoms with Crippen LogP contribution >= 0.6 is 0 Å². The van der Waals surface area contributed by atoms with Gasteiger partial charge in [0.25, 0.3) is 0 Å². The highest BCUT2D eigenvalue weighted by molar-refractivity contribution is 5.55. The number of hydrogen-bond acceptors (Lipinski definition) is 2. The van der Waals surface area contributed by atoms with Gasteiger partial charge < -0.3 is 10.2 Å². The van der Waals surface area contributed by atoms with E-state index in [1.54, 1.807) is 0 Å². The fraction of sp³-hybridized carbons (Fsp3) is 0.467. The molecule has 2 atom stereocenters. The van der Waals surface area contributed by atoms with E-state index in [9.17, 15) is 0 Å². The Labute approximate surface area is 195 Å². The summed E-state index contributed by atoms with van der Waals surface area (Å²) in [6.07, 6.45) is 21.8. The molecule has 170 valence electrons. The first-order valence-electron chi connectivity index (χ1n) is 12.7. The first-order valence-corrected chi connectivity index (χ1v) is 12.7. The van der Waals surface area contributed by atoms with Crippen molar-refractivity contribution < 1.29 is 0 Å². The lowest BCUT2D eigenvalue weighted by molar-refractivity contribution is 0.153.